The van der Waals surface area contributed by atoms with E-state index in [-0.39, 0.29) is 11.8 Å². The van der Waals surface area contributed by atoms with Crippen LogP contribution in [0.4, 0.5) is 0 Å². The summed E-state index contributed by atoms with van der Waals surface area (Å²) in [6, 6.07) is 0. The Morgan fingerprint density at radius 1 is 1.37 bits per heavy atom. The van der Waals surface area contributed by atoms with Gasteiger partial charge in [0, 0.05) is 17.8 Å². The summed E-state index contributed by atoms with van der Waals surface area (Å²) in [7, 11) is 0. The molecule has 0 N–H and O–H groups in total. The van der Waals surface area contributed by atoms with Crippen LogP contribution in [0.5, 0.6) is 0 Å². The Balaban J connectivity index is 3.39. The van der Waals surface area contributed by atoms with Crippen LogP contribution in [0.2, 0.25) is 0 Å². The van der Waals surface area contributed by atoms with Crippen molar-refractivity contribution in [2.24, 2.45) is 0 Å². The zero-order valence-electron chi connectivity index (χ0n) is 12.1. The first-order valence-corrected chi connectivity index (χ1v) is 6.44. The minimum atomic E-state index is -0.375. The molecule has 1 aromatic heterocycles. The Morgan fingerprint density at radius 3 is 2.47 bits per heavy atom. The second kappa shape index (κ2) is 6.36. The zero-order valence-corrected chi connectivity index (χ0v) is 12.1. The summed E-state index contributed by atoms with van der Waals surface area (Å²) in [6.07, 6.45) is 2.52. The van der Waals surface area contributed by atoms with E-state index < -0.39 is 0 Å². The minimum Gasteiger partial charge on any atom is -0.461 e. The molecule has 0 aliphatic heterocycles. The molecule has 1 heterocycles. The van der Waals surface area contributed by atoms with Gasteiger partial charge in [-0.1, -0.05) is 6.08 Å². The summed E-state index contributed by atoms with van der Waals surface area (Å²) in [6.45, 7) is 11.6. The van der Waals surface area contributed by atoms with Crippen LogP contribution in [0.15, 0.2) is 12.7 Å². The molecule has 0 unspecified atom stereocenters. The standard InChI is InChI=1S/C15H21NO3/c1-6-8-9-16-11(4)13(12(5)17)10(3)14(16)15(18)19-7-2/h6H,1,7-9H2,2-5H3. The third-order valence-electron chi connectivity index (χ3n) is 3.14. The number of nitrogens with zero attached hydrogens (tertiary/aromatic N) is 1. The van der Waals surface area contributed by atoms with Gasteiger partial charge in [-0.3, -0.25) is 4.79 Å². The van der Waals surface area contributed by atoms with Gasteiger partial charge in [-0.15, -0.1) is 6.58 Å². The van der Waals surface area contributed by atoms with Crippen LogP contribution in [0.3, 0.4) is 0 Å². The molecule has 0 amide bonds. The van der Waals surface area contributed by atoms with Gasteiger partial charge in [0.05, 0.1) is 6.61 Å². The maximum Gasteiger partial charge on any atom is 0.355 e. The number of esters is 1. The monoisotopic (exact) mass is 263 g/mol. The predicted molar refractivity (Wildman–Crippen MR) is 74.7 cm³/mol. The molecule has 0 aliphatic rings. The van der Waals surface area contributed by atoms with Crippen molar-refractivity contribution in [1.82, 2.24) is 4.57 Å². The number of aromatic nitrogens is 1. The van der Waals surface area contributed by atoms with Gasteiger partial charge in [0.15, 0.2) is 5.78 Å². The zero-order chi connectivity index (χ0) is 14.6. The largest absolute Gasteiger partial charge is 0.461 e. The van der Waals surface area contributed by atoms with Crippen LogP contribution >= 0.6 is 0 Å². The summed E-state index contributed by atoms with van der Waals surface area (Å²) in [5.74, 6) is -0.405. The van der Waals surface area contributed by atoms with Crippen molar-refractivity contribution in [3.8, 4) is 0 Å². The molecule has 0 spiro atoms. The Labute approximate surface area is 114 Å². The molecule has 4 heteroatoms. The van der Waals surface area contributed by atoms with Crippen LogP contribution in [-0.4, -0.2) is 22.9 Å². The Kier molecular flexibility index (Phi) is 5.10. The van der Waals surface area contributed by atoms with E-state index in [0.717, 1.165) is 12.1 Å². The second-order valence-electron chi connectivity index (χ2n) is 4.44. The van der Waals surface area contributed by atoms with Crippen molar-refractivity contribution < 1.29 is 14.3 Å². The van der Waals surface area contributed by atoms with Crippen molar-refractivity contribution in [3.63, 3.8) is 0 Å². The topological polar surface area (TPSA) is 48.3 Å². The Morgan fingerprint density at radius 2 is 2.00 bits per heavy atom. The highest BCUT2D eigenvalue weighted by Crippen LogP contribution is 2.24. The van der Waals surface area contributed by atoms with Gasteiger partial charge in [-0.2, -0.15) is 0 Å². The van der Waals surface area contributed by atoms with Gasteiger partial charge in [0.1, 0.15) is 5.69 Å². The molecule has 0 aromatic carbocycles. The molecule has 4 nitrogen and oxygen atoms in total. The average molecular weight is 263 g/mol. The van der Waals surface area contributed by atoms with Crippen molar-refractivity contribution in [2.45, 2.75) is 40.7 Å². The van der Waals surface area contributed by atoms with Crippen LogP contribution in [0.1, 0.15) is 52.4 Å². The van der Waals surface area contributed by atoms with E-state index in [0.29, 0.717) is 30.0 Å². The first kappa shape index (κ1) is 15.2. The number of Topliss-reactive ketones (excluding diaryl/α,β-unsaturated/α-hetero) is 1. The molecule has 0 radical (unpaired) electrons. The van der Waals surface area contributed by atoms with Crippen LogP contribution in [0, 0.1) is 13.8 Å². The van der Waals surface area contributed by atoms with Crippen LogP contribution < -0.4 is 0 Å². The molecule has 0 fully saturated rings. The third kappa shape index (κ3) is 2.95. The second-order valence-corrected chi connectivity index (χ2v) is 4.44. The lowest BCUT2D eigenvalue weighted by Crippen LogP contribution is -2.14. The lowest BCUT2D eigenvalue weighted by molar-refractivity contribution is 0.0512. The fourth-order valence-electron chi connectivity index (χ4n) is 2.38. The first-order chi connectivity index (χ1) is 8.95. The number of ether oxygens (including phenoxy) is 1. The summed E-state index contributed by atoms with van der Waals surface area (Å²) in [5.41, 5.74) is 2.61. The number of carbonyl (C=O) groups is 2. The maximum atomic E-state index is 12.1. The predicted octanol–water partition coefficient (Wildman–Crippen LogP) is 3.06. The maximum absolute atomic E-state index is 12.1. The minimum absolute atomic E-state index is 0.0297. The van der Waals surface area contributed by atoms with E-state index in [1.54, 1.807) is 19.9 Å². The van der Waals surface area contributed by atoms with Crippen molar-refractivity contribution in [1.29, 1.82) is 0 Å². The number of hydrogen-bond acceptors (Lipinski definition) is 3. The lowest BCUT2D eigenvalue weighted by Gasteiger charge is -2.10. The fourth-order valence-corrected chi connectivity index (χ4v) is 2.38. The van der Waals surface area contributed by atoms with Crippen molar-refractivity contribution >= 4 is 11.8 Å². The van der Waals surface area contributed by atoms with Gasteiger partial charge >= 0.3 is 5.97 Å². The number of ketones is 1. The highest BCUT2D eigenvalue weighted by atomic mass is 16.5. The first-order valence-electron chi connectivity index (χ1n) is 6.44. The molecule has 1 aromatic rings. The van der Waals surface area contributed by atoms with E-state index in [1.165, 1.54) is 6.92 Å². The smallest absolute Gasteiger partial charge is 0.355 e. The number of rotatable bonds is 6. The number of allylic oxidation sites excluding steroid dienone is 1. The highest BCUT2D eigenvalue weighted by molar-refractivity contribution is 6.01. The van der Waals surface area contributed by atoms with E-state index in [1.807, 2.05) is 11.5 Å². The summed E-state index contributed by atoms with van der Waals surface area (Å²) < 4.78 is 6.93. The number of hydrogen-bond donors (Lipinski definition) is 0. The molecule has 0 aliphatic carbocycles. The lowest BCUT2D eigenvalue weighted by atomic mass is 10.1. The SMILES string of the molecule is C=CCCn1c(C)c(C(C)=O)c(C)c1C(=O)OCC. The molecular weight excluding hydrogens is 242 g/mol. The molecule has 1 rings (SSSR count). The quantitative estimate of drug-likeness (QED) is 0.450. The summed E-state index contributed by atoms with van der Waals surface area (Å²) in [5, 5.41) is 0. The van der Waals surface area contributed by atoms with Gasteiger partial charge < -0.3 is 9.30 Å². The van der Waals surface area contributed by atoms with Crippen molar-refractivity contribution in [2.75, 3.05) is 6.61 Å². The van der Waals surface area contributed by atoms with E-state index in [4.69, 9.17) is 4.74 Å². The molecule has 0 bridgehead atoms. The van der Waals surface area contributed by atoms with Gasteiger partial charge in [0.25, 0.3) is 0 Å². The van der Waals surface area contributed by atoms with E-state index in [9.17, 15) is 9.59 Å². The Bertz CT molecular complexity index is 512. The van der Waals surface area contributed by atoms with E-state index in [2.05, 4.69) is 6.58 Å². The van der Waals surface area contributed by atoms with Crippen LogP contribution in [0.25, 0.3) is 0 Å². The molecule has 19 heavy (non-hydrogen) atoms. The van der Waals surface area contributed by atoms with E-state index >= 15 is 0 Å². The molecule has 104 valence electrons. The van der Waals surface area contributed by atoms with Gasteiger partial charge in [-0.25, -0.2) is 4.79 Å². The van der Waals surface area contributed by atoms with Crippen LogP contribution in [-0.2, 0) is 11.3 Å². The molecule has 0 saturated carbocycles. The molecule has 0 saturated heterocycles. The molecule has 0 atom stereocenters. The molecular formula is C15H21NO3. The van der Waals surface area contributed by atoms with Gasteiger partial charge in [0.2, 0.25) is 0 Å². The average Bonchev–Trinajstić information content (AvgIpc) is 2.58. The normalized spacial score (nSPS) is 10.3. The summed E-state index contributed by atoms with van der Waals surface area (Å²) >= 11 is 0. The Hall–Kier alpha value is -1.84. The van der Waals surface area contributed by atoms with Crippen molar-refractivity contribution in [3.05, 3.63) is 35.2 Å². The van der Waals surface area contributed by atoms with Gasteiger partial charge in [-0.05, 0) is 39.7 Å². The highest BCUT2D eigenvalue weighted by Gasteiger charge is 2.25. The summed E-state index contributed by atoms with van der Waals surface area (Å²) in [4.78, 5) is 23.8. The third-order valence-corrected chi connectivity index (χ3v) is 3.14. The fraction of sp³-hybridized carbons (Fsp3) is 0.467. The number of carbonyl (C=O) groups excluding carboxylic acids is 2.